The number of rotatable bonds is 6. The Kier molecular flexibility index (Phi) is 16.5. The van der Waals surface area contributed by atoms with Crippen molar-refractivity contribution in [1.82, 2.24) is 0 Å². The third kappa shape index (κ3) is 11.5. The summed E-state index contributed by atoms with van der Waals surface area (Å²) in [5.74, 6) is 0. The van der Waals surface area contributed by atoms with Crippen LogP contribution in [0.3, 0.4) is 0 Å². The molecule has 0 amide bonds. The Morgan fingerprint density at radius 3 is 1.90 bits per heavy atom. The van der Waals surface area contributed by atoms with Crippen LogP contribution in [0, 0.1) is 0 Å². The van der Waals surface area contributed by atoms with Crippen molar-refractivity contribution in [2.24, 2.45) is 0 Å². The van der Waals surface area contributed by atoms with E-state index >= 15 is 0 Å². The molecule has 0 spiro atoms. The molecule has 0 saturated heterocycles. The topological polar surface area (TPSA) is 20.2 Å². The van der Waals surface area contributed by atoms with E-state index in [9.17, 15) is 0 Å². The van der Waals surface area contributed by atoms with Crippen LogP contribution in [0.25, 0.3) is 0 Å². The molecule has 0 aromatic rings. The third-order valence-electron chi connectivity index (χ3n) is 1.51. The summed E-state index contributed by atoms with van der Waals surface area (Å²) in [5, 5.41) is 8.42. The Bertz CT molecular complexity index is 42.5. The van der Waals surface area contributed by atoms with Crippen molar-refractivity contribution in [3.05, 3.63) is 0 Å². The number of hydrogen-bond acceptors (Lipinski definition) is 1. The Morgan fingerprint density at radius 1 is 0.900 bits per heavy atom. The van der Waals surface area contributed by atoms with Gasteiger partial charge in [0.05, 0.1) is 0 Å². The smallest absolute Gasteiger partial charge is 0.0431 e. The molecule has 0 aliphatic rings. The van der Waals surface area contributed by atoms with Gasteiger partial charge in [0, 0.05) is 29.0 Å². The van der Waals surface area contributed by atoms with Gasteiger partial charge in [0.25, 0.3) is 0 Å². The summed E-state index contributed by atoms with van der Waals surface area (Å²) in [6.07, 6.45) is 7.50. The number of unbranched alkanes of at least 4 members (excludes halogenated alkanes) is 5. The molecule has 0 heterocycles. The van der Waals surface area contributed by atoms with Crippen molar-refractivity contribution >= 4 is 0 Å². The maximum Gasteiger partial charge on any atom is 0.0431 e. The minimum absolute atomic E-state index is 0. The first-order chi connectivity index (χ1) is 4.41. The van der Waals surface area contributed by atoms with Crippen molar-refractivity contribution < 1.29 is 27.5 Å². The Morgan fingerprint density at radius 2 is 1.40 bits per heavy atom. The first-order valence-corrected chi connectivity index (χ1v) is 4.02. The molecule has 1 nitrogen and oxygen atoms in total. The van der Waals surface area contributed by atoms with Crippen LogP contribution in [0.1, 0.15) is 45.4 Å². The molecular formula is C8H18AuO. The zero-order valence-corrected chi connectivity index (χ0v) is 8.86. The Labute approximate surface area is 79.7 Å². The molecule has 0 aromatic heterocycles. The van der Waals surface area contributed by atoms with Gasteiger partial charge >= 0.3 is 0 Å². The Hall–Kier alpha value is 0.700. The van der Waals surface area contributed by atoms with Gasteiger partial charge in [-0.05, 0) is 6.42 Å². The Balaban J connectivity index is 0. The minimum Gasteiger partial charge on any atom is -0.396 e. The van der Waals surface area contributed by atoms with Crippen molar-refractivity contribution in [3.8, 4) is 0 Å². The summed E-state index contributed by atoms with van der Waals surface area (Å²) in [6, 6.07) is 0. The van der Waals surface area contributed by atoms with Gasteiger partial charge in [-0.25, -0.2) is 0 Å². The molecule has 0 unspecified atom stereocenters. The molecule has 0 aliphatic heterocycles. The molecular weight excluding hydrogens is 309 g/mol. The van der Waals surface area contributed by atoms with Gasteiger partial charge in [0.2, 0.25) is 0 Å². The molecule has 67 valence electrons. The SMILES string of the molecule is CCCCCCCCO.[Au]. The average Bonchev–Trinajstić information content (AvgIpc) is 1.89. The summed E-state index contributed by atoms with van der Waals surface area (Å²) >= 11 is 0. The predicted molar refractivity (Wildman–Crippen MR) is 40.5 cm³/mol. The number of aliphatic hydroxyl groups is 1. The van der Waals surface area contributed by atoms with Gasteiger partial charge in [-0.2, -0.15) is 0 Å². The van der Waals surface area contributed by atoms with Crippen molar-refractivity contribution in [3.63, 3.8) is 0 Å². The number of hydrogen-bond donors (Lipinski definition) is 1. The van der Waals surface area contributed by atoms with Crippen LogP contribution in [0.4, 0.5) is 0 Å². The van der Waals surface area contributed by atoms with E-state index in [1.165, 1.54) is 32.1 Å². The molecule has 0 fully saturated rings. The molecule has 0 rings (SSSR count). The third-order valence-corrected chi connectivity index (χ3v) is 1.51. The predicted octanol–water partition coefficient (Wildman–Crippen LogP) is 2.34. The van der Waals surface area contributed by atoms with E-state index in [-0.39, 0.29) is 22.4 Å². The van der Waals surface area contributed by atoms with E-state index in [1.807, 2.05) is 0 Å². The fourth-order valence-corrected chi connectivity index (χ4v) is 0.892. The van der Waals surface area contributed by atoms with Crippen LogP contribution < -0.4 is 0 Å². The van der Waals surface area contributed by atoms with E-state index in [4.69, 9.17) is 5.11 Å². The molecule has 0 atom stereocenters. The molecule has 1 radical (unpaired) electrons. The second-order valence-corrected chi connectivity index (χ2v) is 2.49. The molecule has 10 heavy (non-hydrogen) atoms. The van der Waals surface area contributed by atoms with Gasteiger partial charge < -0.3 is 5.11 Å². The monoisotopic (exact) mass is 327 g/mol. The zero-order chi connectivity index (χ0) is 6.95. The van der Waals surface area contributed by atoms with Crippen molar-refractivity contribution in [1.29, 1.82) is 0 Å². The van der Waals surface area contributed by atoms with Gasteiger partial charge in [-0.3, -0.25) is 0 Å². The van der Waals surface area contributed by atoms with Crippen LogP contribution in [0.2, 0.25) is 0 Å². The molecule has 0 bridgehead atoms. The minimum atomic E-state index is 0. The second-order valence-electron chi connectivity index (χ2n) is 2.49. The van der Waals surface area contributed by atoms with E-state index in [2.05, 4.69) is 6.92 Å². The van der Waals surface area contributed by atoms with E-state index in [1.54, 1.807) is 0 Å². The summed E-state index contributed by atoms with van der Waals surface area (Å²) in [4.78, 5) is 0. The average molecular weight is 327 g/mol. The summed E-state index contributed by atoms with van der Waals surface area (Å²) in [7, 11) is 0. The van der Waals surface area contributed by atoms with Gasteiger partial charge in [0.1, 0.15) is 0 Å². The second kappa shape index (κ2) is 12.4. The maximum atomic E-state index is 8.42. The van der Waals surface area contributed by atoms with Crippen LogP contribution in [-0.4, -0.2) is 11.7 Å². The quantitative estimate of drug-likeness (QED) is 0.586. The summed E-state index contributed by atoms with van der Waals surface area (Å²) in [5.41, 5.74) is 0. The van der Waals surface area contributed by atoms with E-state index < -0.39 is 0 Å². The maximum absolute atomic E-state index is 8.42. The first kappa shape index (κ1) is 13.3. The molecule has 0 saturated carbocycles. The van der Waals surface area contributed by atoms with Crippen LogP contribution in [0.15, 0.2) is 0 Å². The summed E-state index contributed by atoms with van der Waals surface area (Å²) < 4.78 is 0. The summed E-state index contributed by atoms with van der Waals surface area (Å²) in [6.45, 7) is 2.58. The van der Waals surface area contributed by atoms with Crippen LogP contribution in [-0.2, 0) is 22.4 Å². The van der Waals surface area contributed by atoms with Gasteiger partial charge in [-0.15, -0.1) is 0 Å². The normalized spacial score (nSPS) is 9.00. The molecule has 0 aliphatic carbocycles. The van der Waals surface area contributed by atoms with Crippen LogP contribution in [0.5, 0.6) is 0 Å². The zero-order valence-electron chi connectivity index (χ0n) is 6.70. The fourth-order valence-electron chi connectivity index (χ4n) is 0.892. The molecule has 0 aromatic carbocycles. The van der Waals surface area contributed by atoms with Crippen LogP contribution >= 0.6 is 0 Å². The number of aliphatic hydroxyl groups excluding tert-OH is 1. The molecule has 2 heteroatoms. The van der Waals surface area contributed by atoms with Gasteiger partial charge in [-0.1, -0.05) is 39.0 Å². The fraction of sp³-hybridized carbons (Fsp3) is 1.00. The van der Waals surface area contributed by atoms with Gasteiger partial charge in [0.15, 0.2) is 0 Å². The van der Waals surface area contributed by atoms with Crippen molar-refractivity contribution in [2.75, 3.05) is 6.61 Å². The van der Waals surface area contributed by atoms with Crippen molar-refractivity contribution in [2.45, 2.75) is 45.4 Å². The van der Waals surface area contributed by atoms with E-state index in [0.29, 0.717) is 6.61 Å². The molecule has 1 N–H and O–H groups in total. The first-order valence-electron chi connectivity index (χ1n) is 4.02. The standard InChI is InChI=1S/C8H18O.Au/c1-2-3-4-5-6-7-8-9;/h9H,2-8H2,1H3;. The largest absolute Gasteiger partial charge is 0.396 e. The van der Waals surface area contributed by atoms with E-state index in [0.717, 1.165) is 6.42 Å².